The second kappa shape index (κ2) is 17.3. The summed E-state index contributed by atoms with van der Waals surface area (Å²) in [5.74, 6) is -5.46. The van der Waals surface area contributed by atoms with Crippen molar-refractivity contribution in [2.24, 2.45) is 44.4 Å². The average molecular weight is 546 g/mol. The number of nitrogens with zero attached hydrogens (tertiary/aromatic N) is 2. The van der Waals surface area contributed by atoms with Crippen molar-refractivity contribution in [3.63, 3.8) is 0 Å². The van der Waals surface area contributed by atoms with Gasteiger partial charge in [-0.3, -0.25) is 29.2 Å². The number of hydrogen-bond acceptors (Lipinski definition) is 9. The molecule has 0 bridgehead atoms. The Morgan fingerprint density at radius 3 is 1.58 bits per heavy atom. The molecule has 5 unspecified atom stereocenters. The third-order valence-corrected chi connectivity index (χ3v) is 5.00. The van der Waals surface area contributed by atoms with Crippen LogP contribution in [0.15, 0.2) is 9.98 Å². The van der Waals surface area contributed by atoms with Gasteiger partial charge in [-0.2, -0.15) is 0 Å². The number of carboxylic acid groups (broad SMARTS) is 1. The predicted molar refractivity (Wildman–Crippen MR) is 137 cm³/mol. The van der Waals surface area contributed by atoms with E-state index in [0.29, 0.717) is 0 Å². The van der Waals surface area contributed by atoms with Crippen molar-refractivity contribution in [1.82, 2.24) is 16.0 Å². The maximum Gasteiger partial charge on any atom is 0.326 e. The third kappa shape index (κ3) is 14.4. The van der Waals surface area contributed by atoms with E-state index in [9.17, 15) is 34.2 Å². The number of hydrogen-bond donors (Lipinski definition) is 11. The maximum atomic E-state index is 13.0. The molecule has 216 valence electrons. The minimum atomic E-state index is -1.57. The van der Waals surface area contributed by atoms with E-state index >= 15 is 0 Å². The molecule has 0 aromatic rings. The van der Waals surface area contributed by atoms with Crippen LogP contribution in [0.25, 0.3) is 0 Å². The lowest BCUT2D eigenvalue weighted by Gasteiger charge is -2.25. The van der Waals surface area contributed by atoms with E-state index in [1.807, 2.05) is 0 Å². The summed E-state index contributed by atoms with van der Waals surface area (Å²) in [4.78, 5) is 68.8. The van der Waals surface area contributed by atoms with E-state index in [1.165, 1.54) is 6.92 Å². The highest BCUT2D eigenvalue weighted by Gasteiger charge is 2.31. The number of carbonyl (C=O) groups excluding carboxylic acids is 4. The first kappa shape index (κ1) is 33.8. The Hall–Kier alpha value is -4.19. The molecule has 18 nitrogen and oxygen atoms in total. The molecule has 17 N–H and O–H groups in total. The topological polar surface area (TPSA) is 343 Å². The fourth-order valence-corrected chi connectivity index (χ4v) is 2.98. The van der Waals surface area contributed by atoms with Crippen LogP contribution in [0.2, 0.25) is 0 Å². The SMILES string of the molecule is CC(O)C(N)C(=O)NC(CCCN=C(N)N)C(=O)NC(CC(N)=O)C(=O)NC(CCCN=C(N)N)C(=O)O. The van der Waals surface area contributed by atoms with Crippen molar-refractivity contribution in [2.45, 2.75) is 69.3 Å². The summed E-state index contributed by atoms with van der Waals surface area (Å²) in [6.45, 7) is 1.50. The van der Waals surface area contributed by atoms with Crippen LogP contribution in [0.5, 0.6) is 0 Å². The molecule has 5 atom stereocenters. The third-order valence-electron chi connectivity index (χ3n) is 5.00. The Labute approximate surface area is 219 Å². The van der Waals surface area contributed by atoms with Crippen molar-refractivity contribution in [2.75, 3.05) is 13.1 Å². The lowest BCUT2D eigenvalue weighted by Crippen LogP contribution is -2.58. The fourth-order valence-electron chi connectivity index (χ4n) is 2.98. The quantitative estimate of drug-likeness (QED) is 0.0435. The van der Waals surface area contributed by atoms with Gasteiger partial charge in [-0.05, 0) is 32.6 Å². The summed E-state index contributed by atoms with van der Waals surface area (Å²) in [5.41, 5.74) is 31.8. The van der Waals surface area contributed by atoms with Crippen molar-refractivity contribution in [1.29, 1.82) is 0 Å². The number of aliphatic hydroxyl groups is 1. The smallest absolute Gasteiger partial charge is 0.326 e. The van der Waals surface area contributed by atoms with E-state index in [0.717, 1.165) is 0 Å². The van der Waals surface area contributed by atoms with Gasteiger partial charge in [0.05, 0.1) is 12.5 Å². The zero-order valence-corrected chi connectivity index (χ0v) is 21.1. The lowest BCUT2D eigenvalue weighted by atomic mass is 10.1. The number of amides is 4. The number of aliphatic imine (C=N–C) groups is 2. The van der Waals surface area contributed by atoms with Gasteiger partial charge in [0.2, 0.25) is 23.6 Å². The molecule has 0 rings (SSSR count). The van der Waals surface area contributed by atoms with Crippen LogP contribution in [0, 0.1) is 0 Å². The van der Waals surface area contributed by atoms with E-state index in [4.69, 9.17) is 34.4 Å². The van der Waals surface area contributed by atoms with Crippen LogP contribution in [0.4, 0.5) is 0 Å². The second-order valence-electron chi connectivity index (χ2n) is 8.36. The molecule has 38 heavy (non-hydrogen) atoms. The molecule has 0 saturated heterocycles. The van der Waals surface area contributed by atoms with E-state index in [-0.39, 0.29) is 50.7 Å². The zero-order chi connectivity index (χ0) is 29.4. The first-order valence-corrected chi connectivity index (χ1v) is 11.6. The van der Waals surface area contributed by atoms with Gasteiger partial charge in [0, 0.05) is 13.1 Å². The van der Waals surface area contributed by atoms with Gasteiger partial charge in [0.1, 0.15) is 24.2 Å². The number of carbonyl (C=O) groups is 5. The molecule has 0 aliphatic rings. The number of guanidine groups is 2. The lowest BCUT2D eigenvalue weighted by molar-refractivity contribution is -0.142. The molecule has 0 aliphatic carbocycles. The minimum Gasteiger partial charge on any atom is -0.480 e. The number of nitrogens with two attached hydrogens (primary N) is 6. The summed E-state index contributed by atoms with van der Waals surface area (Å²) in [6, 6.07) is -5.59. The zero-order valence-electron chi connectivity index (χ0n) is 21.1. The number of aliphatic carboxylic acids is 1. The Kier molecular flexibility index (Phi) is 15.4. The number of rotatable bonds is 18. The molecule has 0 heterocycles. The van der Waals surface area contributed by atoms with E-state index in [2.05, 4.69) is 25.9 Å². The largest absolute Gasteiger partial charge is 0.480 e. The van der Waals surface area contributed by atoms with Gasteiger partial charge in [-0.1, -0.05) is 0 Å². The Morgan fingerprint density at radius 2 is 1.16 bits per heavy atom. The molecular weight excluding hydrogens is 506 g/mol. The monoisotopic (exact) mass is 545 g/mol. The Balaban J connectivity index is 5.60. The predicted octanol–water partition coefficient (Wildman–Crippen LogP) is -5.78. The average Bonchev–Trinajstić information content (AvgIpc) is 2.80. The molecule has 4 amide bonds. The summed E-state index contributed by atoms with van der Waals surface area (Å²) >= 11 is 0. The highest BCUT2D eigenvalue weighted by molar-refractivity contribution is 5.96. The van der Waals surface area contributed by atoms with Gasteiger partial charge in [-0.25, -0.2) is 4.79 Å². The summed E-state index contributed by atoms with van der Waals surface area (Å²) in [7, 11) is 0. The molecule has 0 radical (unpaired) electrons. The Morgan fingerprint density at radius 1 is 0.737 bits per heavy atom. The minimum absolute atomic E-state index is 0.0195. The number of primary amides is 1. The molecule has 0 spiro atoms. The maximum absolute atomic E-state index is 13.0. The van der Waals surface area contributed by atoms with Crippen LogP contribution in [-0.4, -0.2) is 95.1 Å². The van der Waals surface area contributed by atoms with Gasteiger partial charge < -0.3 is 60.6 Å². The first-order chi connectivity index (χ1) is 17.6. The number of carboxylic acids is 1. The molecule has 0 saturated carbocycles. The van der Waals surface area contributed by atoms with Gasteiger partial charge in [-0.15, -0.1) is 0 Å². The standard InChI is InChI=1S/C20H39N11O7/c1-9(32)14(22)17(36)29-10(4-2-6-27-19(23)24)15(34)31-12(8-13(21)33)16(35)30-11(18(37)38)5-3-7-28-20(25)26/h9-12,14,32H,2-8,22H2,1H3,(H2,21,33)(H,29,36)(H,30,35)(H,31,34)(H,37,38)(H4,23,24,27)(H4,25,26,28). The first-order valence-electron chi connectivity index (χ1n) is 11.6. The van der Waals surface area contributed by atoms with Crippen LogP contribution < -0.4 is 50.4 Å². The van der Waals surface area contributed by atoms with Crippen molar-refractivity contribution in [3.05, 3.63) is 0 Å². The number of aliphatic hydroxyl groups excluding tert-OH is 1. The highest BCUT2D eigenvalue weighted by Crippen LogP contribution is 2.05. The van der Waals surface area contributed by atoms with Gasteiger partial charge in [0.25, 0.3) is 0 Å². The molecular formula is C20H39N11O7. The second-order valence-corrected chi connectivity index (χ2v) is 8.36. The van der Waals surface area contributed by atoms with Crippen LogP contribution in [-0.2, 0) is 24.0 Å². The van der Waals surface area contributed by atoms with E-state index in [1.54, 1.807) is 0 Å². The molecule has 0 aromatic carbocycles. The van der Waals surface area contributed by atoms with Crippen LogP contribution in [0.3, 0.4) is 0 Å². The molecule has 0 fully saturated rings. The Bertz CT molecular complexity index is 887. The van der Waals surface area contributed by atoms with Crippen LogP contribution in [0.1, 0.15) is 39.0 Å². The molecule has 0 aliphatic heterocycles. The van der Waals surface area contributed by atoms with E-state index < -0.39 is 66.3 Å². The molecule has 18 heteroatoms. The summed E-state index contributed by atoms with van der Waals surface area (Å²) < 4.78 is 0. The van der Waals surface area contributed by atoms with Crippen molar-refractivity contribution in [3.8, 4) is 0 Å². The highest BCUT2D eigenvalue weighted by atomic mass is 16.4. The van der Waals surface area contributed by atoms with Crippen LogP contribution >= 0.6 is 0 Å². The fraction of sp³-hybridized carbons (Fsp3) is 0.650. The van der Waals surface area contributed by atoms with Crippen molar-refractivity contribution >= 4 is 41.5 Å². The van der Waals surface area contributed by atoms with Crippen molar-refractivity contribution < 1.29 is 34.2 Å². The summed E-state index contributed by atoms with van der Waals surface area (Å²) in [6.07, 6.45) is -1.56. The molecule has 0 aromatic heterocycles. The number of nitrogens with one attached hydrogen (secondary N) is 3. The normalized spacial score (nSPS) is 14.5. The summed E-state index contributed by atoms with van der Waals surface area (Å²) in [5, 5.41) is 25.9. The van der Waals surface area contributed by atoms with Gasteiger partial charge in [0.15, 0.2) is 11.9 Å². The van der Waals surface area contributed by atoms with Gasteiger partial charge >= 0.3 is 5.97 Å².